The minimum absolute atomic E-state index is 0.141. The van der Waals surface area contributed by atoms with Crippen LogP contribution in [0.3, 0.4) is 0 Å². The predicted octanol–water partition coefficient (Wildman–Crippen LogP) is 2.60. The molecule has 0 radical (unpaired) electrons. The summed E-state index contributed by atoms with van der Waals surface area (Å²) < 4.78 is 0.905. The molecule has 136 valence electrons. The van der Waals surface area contributed by atoms with Gasteiger partial charge in [-0.05, 0) is 57.0 Å². The van der Waals surface area contributed by atoms with Crippen LogP contribution in [0.15, 0.2) is 34.8 Å². The second-order valence-corrected chi connectivity index (χ2v) is 7.17. The van der Waals surface area contributed by atoms with Crippen LogP contribution in [0.4, 0.5) is 5.95 Å². The number of hydrazine groups is 1. The molecule has 2 aromatic rings. The van der Waals surface area contributed by atoms with Gasteiger partial charge in [0.1, 0.15) is 6.04 Å². The summed E-state index contributed by atoms with van der Waals surface area (Å²) in [6, 6.07) is 8.48. The molecule has 1 aromatic carbocycles. The molecule has 2 amide bonds. The van der Waals surface area contributed by atoms with Gasteiger partial charge in [0.15, 0.2) is 0 Å². The van der Waals surface area contributed by atoms with Crippen molar-refractivity contribution >= 4 is 33.7 Å². The maximum atomic E-state index is 12.7. The van der Waals surface area contributed by atoms with Crippen LogP contribution in [0.5, 0.6) is 0 Å². The number of aryl methyl sites for hydroxylation is 2. The zero-order valence-corrected chi connectivity index (χ0v) is 16.2. The number of halogens is 1. The molecule has 1 aromatic heterocycles. The Morgan fingerprint density at radius 3 is 2.46 bits per heavy atom. The van der Waals surface area contributed by atoms with Crippen molar-refractivity contribution in [1.29, 1.82) is 0 Å². The second kappa shape index (κ2) is 7.82. The lowest BCUT2D eigenvalue weighted by Crippen LogP contribution is -2.47. The molecule has 8 heteroatoms. The first kappa shape index (κ1) is 18.3. The van der Waals surface area contributed by atoms with Crippen molar-refractivity contribution in [2.45, 2.75) is 32.7 Å². The van der Waals surface area contributed by atoms with Gasteiger partial charge in [-0.1, -0.05) is 15.9 Å². The number of aromatic nitrogens is 2. The lowest BCUT2D eigenvalue weighted by molar-refractivity contribution is -0.124. The van der Waals surface area contributed by atoms with E-state index in [1.165, 1.54) is 0 Å². The number of benzene rings is 1. The second-order valence-electron chi connectivity index (χ2n) is 6.25. The summed E-state index contributed by atoms with van der Waals surface area (Å²) in [5.41, 5.74) is 7.55. The number of carbonyl (C=O) groups is 2. The summed E-state index contributed by atoms with van der Waals surface area (Å²) in [6.45, 7) is 4.28. The minimum Gasteiger partial charge on any atom is -0.327 e. The fourth-order valence-corrected chi connectivity index (χ4v) is 3.29. The molecule has 7 nitrogen and oxygen atoms in total. The number of anilines is 1. The van der Waals surface area contributed by atoms with Crippen molar-refractivity contribution in [2.24, 2.45) is 0 Å². The van der Waals surface area contributed by atoms with Gasteiger partial charge in [-0.3, -0.25) is 20.4 Å². The molecule has 1 atom stereocenters. The number of hydrogen-bond donors (Lipinski definition) is 2. The highest BCUT2D eigenvalue weighted by molar-refractivity contribution is 9.10. The molecular formula is C18H20BrN5O2. The van der Waals surface area contributed by atoms with Crippen LogP contribution in [-0.4, -0.2) is 39.3 Å². The first-order valence-corrected chi connectivity index (χ1v) is 9.18. The zero-order valence-electron chi connectivity index (χ0n) is 14.6. The van der Waals surface area contributed by atoms with Gasteiger partial charge in [-0.2, -0.15) is 0 Å². The van der Waals surface area contributed by atoms with E-state index < -0.39 is 6.04 Å². The van der Waals surface area contributed by atoms with Crippen LogP contribution in [0.25, 0.3) is 0 Å². The summed E-state index contributed by atoms with van der Waals surface area (Å²) >= 11 is 3.36. The number of nitrogens with one attached hydrogen (secondary N) is 2. The molecule has 1 saturated heterocycles. The van der Waals surface area contributed by atoms with E-state index >= 15 is 0 Å². The Hall–Kier alpha value is -2.48. The molecule has 1 fully saturated rings. The highest BCUT2D eigenvalue weighted by atomic mass is 79.9. The first-order chi connectivity index (χ1) is 12.4. The number of amides is 2. The maximum absolute atomic E-state index is 12.7. The van der Waals surface area contributed by atoms with Crippen LogP contribution in [0.1, 0.15) is 34.6 Å². The third-order valence-corrected chi connectivity index (χ3v) is 4.72. The van der Waals surface area contributed by atoms with E-state index in [0.717, 1.165) is 22.3 Å². The fraction of sp³-hybridized carbons (Fsp3) is 0.333. The molecule has 2 N–H and O–H groups in total. The van der Waals surface area contributed by atoms with Gasteiger partial charge in [0, 0.05) is 28.0 Å². The van der Waals surface area contributed by atoms with E-state index in [4.69, 9.17) is 0 Å². The highest BCUT2D eigenvalue weighted by Crippen LogP contribution is 2.21. The number of hydrogen-bond acceptors (Lipinski definition) is 5. The molecule has 3 rings (SSSR count). The molecule has 1 aliphatic rings. The van der Waals surface area contributed by atoms with Gasteiger partial charge >= 0.3 is 0 Å². The van der Waals surface area contributed by atoms with Crippen LogP contribution in [0, 0.1) is 13.8 Å². The summed E-state index contributed by atoms with van der Waals surface area (Å²) in [6.07, 6.45) is 1.42. The van der Waals surface area contributed by atoms with E-state index in [9.17, 15) is 9.59 Å². The van der Waals surface area contributed by atoms with Crippen molar-refractivity contribution in [1.82, 2.24) is 20.3 Å². The van der Waals surface area contributed by atoms with Gasteiger partial charge < -0.3 is 4.90 Å². The van der Waals surface area contributed by atoms with E-state index in [1.54, 1.807) is 17.0 Å². The van der Waals surface area contributed by atoms with Crippen LogP contribution < -0.4 is 10.9 Å². The Morgan fingerprint density at radius 2 is 1.81 bits per heavy atom. The Labute approximate surface area is 160 Å². The average molecular weight is 418 g/mol. The Bertz CT molecular complexity index is 805. The SMILES string of the molecule is Cc1cc(C)nc(NNC(=O)C2CCCN2C(=O)c2ccc(Br)cc2)n1. The summed E-state index contributed by atoms with van der Waals surface area (Å²) in [5, 5.41) is 0. The molecule has 0 aliphatic carbocycles. The zero-order chi connectivity index (χ0) is 18.7. The van der Waals surface area contributed by atoms with Crippen molar-refractivity contribution in [3.05, 3.63) is 51.8 Å². The largest absolute Gasteiger partial charge is 0.327 e. The van der Waals surface area contributed by atoms with Crippen LogP contribution in [-0.2, 0) is 4.79 Å². The Kier molecular flexibility index (Phi) is 5.51. The monoisotopic (exact) mass is 417 g/mol. The number of rotatable bonds is 4. The minimum atomic E-state index is -0.510. The molecule has 1 aliphatic heterocycles. The predicted molar refractivity (Wildman–Crippen MR) is 101 cm³/mol. The molecule has 1 unspecified atom stereocenters. The molecular weight excluding hydrogens is 398 g/mol. The molecule has 2 heterocycles. The summed E-state index contributed by atoms with van der Waals surface area (Å²) in [7, 11) is 0. The molecule has 0 saturated carbocycles. The average Bonchev–Trinajstić information content (AvgIpc) is 3.08. The lowest BCUT2D eigenvalue weighted by Gasteiger charge is -2.24. The van der Waals surface area contributed by atoms with Gasteiger partial charge in [0.2, 0.25) is 5.95 Å². The topological polar surface area (TPSA) is 87.2 Å². The summed E-state index contributed by atoms with van der Waals surface area (Å²) in [5.74, 6) is -0.0758. The van der Waals surface area contributed by atoms with Crippen molar-refractivity contribution in [2.75, 3.05) is 12.0 Å². The number of nitrogens with zero attached hydrogens (tertiary/aromatic N) is 3. The van der Waals surface area contributed by atoms with Crippen molar-refractivity contribution in [3.63, 3.8) is 0 Å². The van der Waals surface area contributed by atoms with Gasteiger partial charge in [-0.15, -0.1) is 0 Å². The number of likely N-dealkylation sites (tertiary alicyclic amines) is 1. The van der Waals surface area contributed by atoms with E-state index in [0.29, 0.717) is 24.5 Å². The lowest BCUT2D eigenvalue weighted by atomic mass is 10.1. The molecule has 0 bridgehead atoms. The number of carbonyl (C=O) groups excluding carboxylic acids is 2. The Morgan fingerprint density at radius 1 is 1.15 bits per heavy atom. The first-order valence-electron chi connectivity index (χ1n) is 8.39. The smallest absolute Gasteiger partial charge is 0.261 e. The van der Waals surface area contributed by atoms with Gasteiger partial charge in [0.05, 0.1) is 0 Å². The standard InChI is InChI=1S/C18H20BrN5O2/c1-11-10-12(2)21-18(20-11)23-22-16(25)15-4-3-9-24(15)17(26)13-5-7-14(19)8-6-13/h5-8,10,15H,3-4,9H2,1-2H3,(H,22,25)(H,20,21,23). The van der Waals surface area contributed by atoms with E-state index in [-0.39, 0.29) is 11.8 Å². The van der Waals surface area contributed by atoms with E-state index in [1.807, 2.05) is 32.0 Å². The summed E-state index contributed by atoms with van der Waals surface area (Å²) in [4.78, 5) is 35.3. The van der Waals surface area contributed by atoms with Crippen molar-refractivity contribution in [3.8, 4) is 0 Å². The normalized spacial score (nSPS) is 16.4. The molecule has 0 spiro atoms. The van der Waals surface area contributed by atoms with Crippen LogP contribution in [0.2, 0.25) is 0 Å². The Balaban J connectivity index is 1.66. The van der Waals surface area contributed by atoms with Gasteiger partial charge in [0.25, 0.3) is 11.8 Å². The third-order valence-electron chi connectivity index (χ3n) is 4.19. The highest BCUT2D eigenvalue weighted by Gasteiger charge is 2.34. The molecule has 26 heavy (non-hydrogen) atoms. The van der Waals surface area contributed by atoms with E-state index in [2.05, 4.69) is 36.7 Å². The fourth-order valence-electron chi connectivity index (χ4n) is 3.02. The third kappa shape index (κ3) is 4.19. The van der Waals surface area contributed by atoms with Crippen molar-refractivity contribution < 1.29 is 9.59 Å². The van der Waals surface area contributed by atoms with Crippen LogP contribution >= 0.6 is 15.9 Å². The maximum Gasteiger partial charge on any atom is 0.261 e. The quantitative estimate of drug-likeness (QED) is 0.746. The van der Waals surface area contributed by atoms with Gasteiger partial charge in [-0.25, -0.2) is 9.97 Å².